The highest BCUT2D eigenvalue weighted by atomic mass is 14.1. The predicted octanol–water partition coefficient (Wildman–Crippen LogP) is 5.73. The van der Waals surface area contributed by atoms with Crippen molar-refractivity contribution in [1.29, 1.82) is 0 Å². The molecule has 0 aliphatic carbocycles. The summed E-state index contributed by atoms with van der Waals surface area (Å²) in [5.74, 6) is 0.821. The minimum Gasteiger partial charge on any atom is -0.0853 e. The average Bonchev–Trinajstić information content (AvgIpc) is 2.24. The molecule has 0 heterocycles. The quantitative estimate of drug-likeness (QED) is 0.337. The summed E-state index contributed by atoms with van der Waals surface area (Å²) in [4.78, 5) is 0. The van der Waals surface area contributed by atoms with Crippen LogP contribution >= 0.6 is 0 Å². The molecule has 0 aromatic carbocycles. The van der Waals surface area contributed by atoms with E-state index in [1.54, 1.807) is 5.57 Å². The Bertz CT molecular complexity index is 155. The van der Waals surface area contributed by atoms with E-state index in [1.165, 1.54) is 51.4 Å². The highest BCUT2D eigenvalue weighted by molar-refractivity contribution is 5.05. The van der Waals surface area contributed by atoms with Crippen molar-refractivity contribution in [2.75, 3.05) is 0 Å². The second-order valence-corrected chi connectivity index (χ2v) is 4.69. The highest BCUT2D eigenvalue weighted by Gasteiger charge is 2.06. The molecule has 0 radical (unpaired) electrons. The summed E-state index contributed by atoms with van der Waals surface area (Å²) in [5.41, 5.74) is 1.71. The molecule has 0 saturated carbocycles. The monoisotopic (exact) mass is 210 g/mol. The molecule has 0 amide bonds. The molecule has 0 N–H and O–H groups in total. The molecule has 0 rings (SSSR count). The van der Waals surface area contributed by atoms with Crippen LogP contribution in [0.2, 0.25) is 0 Å². The zero-order valence-corrected chi connectivity index (χ0v) is 11.3. The number of allylic oxidation sites excluding steroid dienone is 2. The third-order valence-corrected chi connectivity index (χ3v) is 3.13. The summed E-state index contributed by atoms with van der Waals surface area (Å²) in [6.45, 7) is 9.22. The van der Waals surface area contributed by atoms with Crippen molar-refractivity contribution in [2.45, 2.75) is 79.1 Å². The third kappa shape index (κ3) is 7.64. The van der Waals surface area contributed by atoms with E-state index < -0.39 is 0 Å². The summed E-state index contributed by atoms with van der Waals surface area (Å²) < 4.78 is 0. The molecule has 0 spiro atoms. The van der Waals surface area contributed by atoms with E-state index in [-0.39, 0.29) is 0 Å². The van der Waals surface area contributed by atoms with Crippen LogP contribution in [-0.2, 0) is 0 Å². The highest BCUT2D eigenvalue weighted by Crippen LogP contribution is 2.22. The second kappa shape index (κ2) is 10.3. The molecule has 0 heteroatoms. The molecule has 1 unspecified atom stereocenters. The molecule has 0 aromatic rings. The van der Waals surface area contributed by atoms with Gasteiger partial charge in [-0.05, 0) is 25.2 Å². The SMILES string of the molecule is CCC=C(CCC)C(C)CCCCCC. The molecule has 0 nitrogen and oxygen atoms in total. The molecular weight excluding hydrogens is 180 g/mol. The van der Waals surface area contributed by atoms with E-state index in [9.17, 15) is 0 Å². The van der Waals surface area contributed by atoms with Crippen LogP contribution in [-0.4, -0.2) is 0 Å². The molecule has 0 aromatic heterocycles. The number of hydrogen-bond donors (Lipinski definition) is 0. The van der Waals surface area contributed by atoms with Crippen molar-refractivity contribution < 1.29 is 0 Å². The summed E-state index contributed by atoms with van der Waals surface area (Å²) >= 11 is 0. The van der Waals surface area contributed by atoms with Crippen molar-refractivity contribution >= 4 is 0 Å². The number of hydrogen-bond acceptors (Lipinski definition) is 0. The zero-order valence-electron chi connectivity index (χ0n) is 11.3. The predicted molar refractivity (Wildman–Crippen MR) is 71.2 cm³/mol. The molecular formula is C15H30. The Kier molecular flexibility index (Phi) is 10.1. The first kappa shape index (κ1) is 14.7. The van der Waals surface area contributed by atoms with Gasteiger partial charge >= 0.3 is 0 Å². The van der Waals surface area contributed by atoms with Gasteiger partial charge in [-0.15, -0.1) is 0 Å². The van der Waals surface area contributed by atoms with Crippen molar-refractivity contribution in [1.82, 2.24) is 0 Å². The Morgan fingerprint density at radius 2 is 1.73 bits per heavy atom. The minimum absolute atomic E-state index is 0.821. The van der Waals surface area contributed by atoms with Crippen LogP contribution in [0, 0.1) is 5.92 Å². The van der Waals surface area contributed by atoms with Crippen molar-refractivity contribution in [3.63, 3.8) is 0 Å². The van der Waals surface area contributed by atoms with Crippen LogP contribution in [0.25, 0.3) is 0 Å². The van der Waals surface area contributed by atoms with Crippen LogP contribution < -0.4 is 0 Å². The fourth-order valence-electron chi connectivity index (χ4n) is 2.16. The van der Waals surface area contributed by atoms with Crippen LogP contribution in [0.15, 0.2) is 11.6 Å². The molecule has 0 aliphatic rings. The Morgan fingerprint density at radius 1 is 1.00 bits per heavy atom. The first-order valence-corrected chi connectivity index (χ1v) is 6.95. The normalized spacial score (nSPS) is 14.3. The summed E-state index contributed by atoms with van der Waals surface area (Å²) in [6, 6.07) is 0. The molecule has 1 atom stereocenters. The van der Waals surface area contributed by atoms with E-state index in [2.05, 4.69) is 33.8 Å². The first-order valence-electron chi connectivity index (χ1n) is 6.95. The molecule has 0 fully saturated rings. The van der Waals surface area contributed by atoms with Gasteiger partial charge in [0.15, 0.2) is 0 Å². The fourth-order valence-corrected chi connectivity index (χ4v) is 2.16. The van der Waals surface area contributed by atoms with Gasteiger partial charge in [0, 0.05) is 0 Å². The van der Waals surface area contributed by atoms with E-state index in [1.807, 2.05) is 0 Å². The first-order chi connectivity index (χ1) is 7.26. The van der Waals surface area contributed by atoms with Crippen molar-refractivity contribution in [3.05, 3.63) is 11.6 Å². The lowest BCUT2D eigenvalue weighted by molar-refractivity contribution is 0.526. The van der Waals surface area contributed by atoms with Crippen molar-refractivity contribution in [3.8, 4) is 0 Å². The standard InChI is InChI=1S/C15H30/c1-5-8-9-10-13-14(4)15(11-6-2)12-7-3/h11,14H,5-10,12-13H2,1-4H3. The molecule has 0 bridgehead atoms. The number of unbranched alkanes of at least 4 members (excludes halogenated alkanes) is 3. The maximum Gasteiger partial charge on any atom is -0.0232 e. The van der Waals surface area contributed by atoms with Gasteiger partial charge in [0.1, 0.15) is 0 Å². The Balaban J connectivity index is 3.81. The maximum atomic E-state index is 2.45. The van der Waals surface area contributed by atoms with Crippen molar-refractivity contribution in [2.24, 2.45) is 5.92 Å². The lowest BCUT2D eigenvalue weighted by atomic mass is 9.91. The second-order valence-electron chi connectivity index (χ2n) is 4.69. The molecule has 15 heavy (non-hydrogen) atoms. The van der Waals surface area contributed by atoms with E-state index in [0.29, 0.717) is 0 Å². The fraction of sp³-hybridized carbons (Fsp3) is 0.867. The zero-order chi connectivity index (χ0) is 11.5. The van der Waals surface area contributed by atoms with Gasteiger partial charge in [-0.1, -0.05) is 71.4 Å². The Labute approximate surface area is 97.2 Å². The maximum absolute atomic E-state index is 2.45. The Hall–Kier alpha value is -0.260. The minimum atomic E-state index is 0.821. The van der Waals surface area contributed by atoms with Crippen LogP contribution in [0.1, 0.15) is 79.1 Å². The van der Waals surface area contributed by atoms with Gasteiger partial charge in [-0.25, -0.2) is 0 Å². The Morgan fingerprint density at radius 3 is 2.27 bits per heavy atom. The third-order valence-electron chi connectivity index (χ3n) is 3.13. The van der Waals surface area contributed by atoms with Gasteiger partial charge in [0.2, 0.25) is 0 Å². The molecule has 0 aliphatic heterocycles. The smallest absolute Gasteiger partial charge is 0.0232 e. The summed E-state index contributed by atoms with van der Waals surface area (Å²) in [5, 5.41) is 0. The van der Waals surface area contributed by atoms with E-state index >= 15 is 0 Å². The topological polar surface area (TPSA) is 0 Å². The van der Waals surface area contributed by atoms with Gasteiger partial charge in [0.25, 0.3) is 0 Å². The van der Waals surface area contributed by atoms with Crippen LogP contribution in [0.5, 0.6) is 0 Å². The van der Waals surface area contributed by atoms with E-state index in [4.69, 9.17) is 0 Å². The number of rotatable bonds is 9. The van der Waals surface area contributed by atoms with Gasteiger partial charge in [0.05, 0.1) is 0 Å². The van der Waals surface area contributed by atoms with Crippen LogP contribution in [0.3, 0.4) is 0 Å². The summed E-state index contributed by atoms with van der Waals surface area (Å²) in [7, 11) is 0. The molecule has 90 valence electrons. The average molecular weight is 210 g/mol. The van der Waals surface area contributed by atoms with E-state index in [0.717, 1.165) is 5.92 Å². The van der Waals surface area contributed by atoms with Gasteiger partial charge in [-0.2, -0.15) is 0 Å². The lowest BCUT2D eigenvalue weighted by Crippen LogP contribution is -2.00. The summed E-state index contributed by atoms with van der Waals surface area (Å²) in [6.07, 6.45) is 13.3. The lowest BCUT2D eigenvalue weighted by Gasteiger charge is -2.15. The largest absolute Gasteiger partial charge is 0.0853 e. The van der Waals surface area contributed by atoms with Gasteiger partial charge in [-0.3, -0.25) is 0 Å². The van der Waals surface area contributed by atoms with Gasteiger partial charge < -0.3 is 0 Å². The molecule has 0 saturated heterocycles. The van der Waals surface area contributed by atoms with Crippen LogP contribution in [0.4, 0.5) is 0 Å².